The Bertz CT molecular complexity index is 899. The first-order chi connectivity index (χ1) is 13.7. The number of hydrogen-bond donors (Lipinski definition) is 2. The van der Waals surface area contributed by atoms with Crippen molar-refractivity contribution in [2.75, 3.05) is 25.0 Å². The molecule has 2 aromatic heterocycles. The maximum atomic E-state index is 12.4. The molecule has 9 nitrogen and oxygen atoms in total. The maximum Gasteiger partial charge on any atom is 0.319 e. The monoisotopic (exact) mass is 381 g/mol. The fraction of sp³-hybridized carbons (Fsp3) is 0.368. The quantitative estimate of drug-likeness (QED) is 0.680. The smallest absolute Gasteiger partial charge is 0.319 e. The molecule has 146 valence electrons. The number of likely N-dealkylation sites (tertiary alicyclic amines) is 1. The lowest BCUT2D eigenvalue weighted by Crippen LogP contribution is -2.38. The van der Waals surface area contributed by atoms with Crippen molar-refractivity contribution in [3.63, 3.8) is 0 Å². The number of tetrazole rings is 1. The molecule has 9 heteroatoms. The van der Waals surface area contributed by atoms with Crippen LogP contribution in [0.5, 0.6) is 0 Å². The minimum absolute atomic E-state index is 0.0495. The summed E-state index contributed by atoms with van der Waals surface area (Å²) in [6.45, 7) is 4.36. The van der Waals surface area contributed by atoms with Gasteiger partial charge in [0.1, 0.15) is 5.76 Å². The Morgan fingerprint density at radius 2 is 2.00 bits per heavy atom. The van der Waals surface area contributed by atoms with Crippen LogP contribution in [-0.4, -0.2) is 50.8 Å². The van der Waals surface area contributed by atoms with Crippen LogP contribution in [0.15, 0.2) is 47.1 Å². The van der Waals surface area contributed by atoms with E-state index in [-0.39, 0.29) is 12.1 Å². The molecule has 3 heterocycles. The van der Waals surface area contributed by atoms with Crippen LogP contribution >= 0.6 is 0 Å². The number of hydrogen-bond acceptors (Lipinski definition) is 6. The average Bonchev–Trinajstić information content (AvgIpc) is 3.46. The van der Waals surface area contributed by atoms with E-state index in [1.54, 1.807) is 10.9 Å². The summed E-state index contributed by atoms with van der Waals surface area (Å²) in [6.07, 6.45) is 4.03. The minimum atomic E-state index is -0.248. The lowest BCUT2D eigenvalue weighted by Gasteiger charge is -2.26. The summed E-state index contributed by atoms with van der Waals surface area (Å²) in [5, 5.41) is 17.3. The Hall–Kier alpha value is -3.20. The van der Waals surface area contributed by atoms with Crippen LogP contribution in [0.1, 0.15) is 30.5 Å². The molecule has 1 fully saturated rings. The van der Waals surface area contributed by atoms with E-state index in [1.165, 1.54) is 12.8 Å². The van der Waals surface area contributed by atoms with Crippen LogP contribution in [0.3, 0.4) is 0 Å². The highest BCUT2D eigenvalue weighted by molar-refractivity contribution is 5.89. The summed E-state index contributed by atoms with van der Waals surface area (Å²) in [5.41, 5.74) is 1.53. The van der Waals surface area contributed by atoms with E-state index in [0.717, 1.165) is 24.5 Å². The van der Waals surface area contributed by atoms with E-state index >= 15 is 0 Å². The predicted molar refractivity (Wildman–Crippen MR) is 103 cm³/mol. The zero-order chi connectivity index (χ0) is 19.3. The van der Waals surface area contributed by atoms with Gasteiger partial charge in [0, 0.05) is 12.2 Å². The molecule has 1 aromatic carbocycles. The number of furan rings is 1. The molecule has 1 unspecified atom stereocenters. The highest BCUT2D eigenvalue weighted by atomic mass is 16.3. The molecule has 28 heavy (non-hydrogen) atoms. The van der Waals surface area contributed by atoms with E-state index in [4.69, 9.17) is 4.42 Å². The molecular weight excluding hydrogens is 358 g/mol. The first-order valence-electron chi connectivity index (χ1n) is 9.38. The van der Waals surface area contributed by atoms with Crippen LogP contribution < -0.4 is 10.6 Å². The summed E-state index contributed by atoms with van der Waals surface area (Å²) in [5.74, 6) is 1.58. The van der Waals surface area contributed by atoms with E-state index < -0.39 is 0 Å². The zero-order valence-electron chi connectivity index (χ0n) is 15.7. The van der Waals surface area contributed by atoms with Crippen molar-refractivity contribution < 1.29 is 9.21 Å². The van der Waals surface area contributed by atoms with Crippen molar-refractivity contribution in [1.82, 2.24) is 30.4 Å². The van der Waals surface area contributed by atoms with Gasteiger partial charge in [-0.3, -0.25) is 4.90 Å². The van der Waals surface area contributed by atoms with Gasteiger partial charge >= 0.3 is 6.03 Å². The molecule has 0 aliphatic carbocycles. The minimum Gasteiger partial charge on any atom is -0.468 e. The number of aromatic nitrogens is 4. The van der Waals surface area contributed by atoms with Gasteiger partial charge in [-0.25, -0.2) is 4.79 Å². The van der Waals surface area contributed by atoms with Gasteiger partial charge in [-0.1, -0.05) is 0 Å². The second kappa shape index (κ2) is 8.22. The fourth-order valence-corrected chi connectivity index (χ4v) is 3.46. The first kappa shape index (κ1) is 18.2. The van der Waals surface area contributed by atoms with Gasteiger partial charge in [0.2, 0.25) is 0 Å². The largest absolute Gasteiger partial charge is 0.468 e. The topological polar surface area (TPSA) is 101 Å². The Balaban J connectivity index is 1.35. The van der Waals surface area contributed by atoms with Gasteiger partial charge in [-0.05, 0) is 79.7 Å². The molecule has 0 bridgehead atoms. The number of nitrogens with one attached hydrogen (secondary N) is 2. The number of rotatable bonds is 6. The van der Waals surface area contributed by atoms with Crippen LogP contribution in [0.25, 0.3) is 5.69 Å². The van der Waals surface area contributed by atoms with E-state index in [0.29, 0.717) is 18.1 Å². The maximum absolute atomic E-state index is 12.4. The van der Waals surface area contributed by atoms with Gasteiger partial charge in [0.25, 0.3) is 0 Å². The van der Waals surface area contributed by atoms with Crippen molar-refractivity contribution in [2.45, 2.75) is 25.8 Å². The van der Waals surface area contributed by atoms with Crippen LogP contribution in [0, 0.1) is 6.92 Å². The SMILES string of the molecule is Cc1nnnn1-c1ccc(NC(=O)NCC(c2ccco2)N2CCCC2)cc1. The molecule has 0 spiro atoms. The Morgan fingerprint density at radius 3 is 2.64 bits per heavy atom. The van der Waals surface area contributed by atoms with Gasteiger partial charge in [-0.15, -0.1) is 5.10 Å². The normalized spacial score (nSPS) is 15.5. The summed E-state index contributed by atoms with van der Waals surface area (Å²) in [4.78, 5) is 14.7. The predicted octanol–water partition coefficient (Wildman–Crippen LogP) is 2.52. The molecule has 1 aliphatic heterocycles. The molecule has 4 rings (SSSR count). The summed E-state index contributed by atoms with van der Waals surface area (Å²) >= 11 is 0. The number of urea groups is 1. The third kappa shape index (κ3) is 4.04. The number of amides is 2. The Morgan fingerprint density at radius 1 is 1.21 bits per heavy atom. The third-order valence-electron chi connectivity index (χ3n) is 4.90. The molecule has 1 atom stereocenters. The number of carbonyl (C=O) groups excluding carboxylic acids is 1. The number of anilines is 1. The molecule has 1 aliphatic rings. The zero-order valence-corrected chi connectivity index (χ0v) is 15.7. The second-order valence-electron chi connectivity index (χ2n) is 6.79. The molecule has 0 saturated carbocycles. The van der Waals surface area contributed by atoms with Crippen LogP contribution in [0.4, 0.5) is 10.5 Å². The van der Waals surface area contributed by atoms with Crippen molar-refractivity contribution in [2.24, 2.45) is 0 Å². The average molecular weight is 381 g/mol. The molecule has 2 N–H and O–H groups in total. The molecular formula is C19H23N7O2. The van der Waals surface area contributed by atoms with Crippen molar-refractivity contribution >= 4 is 11.7 Å². The van der Waals surface area contributed by atoms with Gasteiger partial charge in [0.15, 0.2) is 5.82 Å². The summed E-state index contributed by atoms with van der Waals surface area (Å²) in [6, 6.07) is 11.0. The van der Waals surface area contributed by atoms with E-state index in [9.17, 15) is 4.79 Å². The molecule has 1 saturated heterocycles. The second-order valence-corrected chi connectivity index (χ2v) is 6.79. The highest BCUT2D eigenvalue weighted by Crippen LogP contribution is 2.25. The number of aryl methyl sites for hydroxylation is 1. The van der Waals surface area contributed by atoms with Crippen LogP contribution in [-0.2, 0) is 0 Å². The number of nitrogens with zero attached hydrogens (tertiary/aromatic N) is 5. The number of carbonyl (C=O) groups is 1. The highest BCUT2D eigenvalue weighted by Gasteiger charge is 2.25. The van der Waals surface area contributed by atoms with Crippen molar-refractivity contribution in [1.29, 1.82) is 0 Å². The summed E-state index contributed by atoms with van der Waals surface area (Å²) < 4.78 is 7.22. The van der Waals surface area contributed by atoms with E-state index in [2.05, 4.69) is 31.1 Å². The van der Waals surface area contributed by atoms with Crippen molar-refractivity contribution in [3.8, 4) is 5.69 Å². The van der Waals surface area contributed by atoms with E-state index in [1.807, 2.05) is 43.3 Å². The third-order valence-corrected chi connectivity index (χ3v) is 4.90. The van der Waals surface area contributed by atoms with Crippen molar-refractivity contribution in [3.05, 3.63) is 54.2 Å². The lowest BCUT2D eigenvalue weighted by molar-refractivity contribution is 0.207. The first-order valence-corrected chi connectivity index (χ1v) is 9.38. The van der Waals surface area contributed by atoms with Crippen LogP contribution in [0.2, 0.25) is 0 Å². The van der Waals surface area contributed by atoms with Gasteiger partial charge in [0.05, 0.1) is 18.0 Å². The standard InChI is InChI=1S/C19H23N7O2/c1-14-22-23-24-26(14)16-8-6-15(7-9-16)21-19(27)20-13-17(18-5-4-12-28-18)25-10-2-3-11-25/h4-9,12,17H,2-3,10-11,13H2,1H3,(H2,20,21,27). The molecule has 2 amide bonds. The van der Waals surface area contributed by atoms with Gasteiger partial charge in [-0.2, -0.15) is 4.68 Å². The molecule has 3 aromatic rings. The fourth-order valence-electron chi connectivity index (χ4n) is 3.46. The lowest BCUT2D eigenvalue weighted by atomic mass is 10.2. The van der Waals surface area contributed by atoms with Gasteiger partial charge < -0.3 is 15.1 Å². The Kier molecular flexibility index (Phi) is 5.34. The summed E-state index contributed by atoms with van der Waals surface area (Å²) in [7, 11) is 0. The number of benzene rings is 1. The molecule has 0 radical (unpaired) electrons. The Labute approximate surface area is 162 Å².